The molecule has 0 bridgehead atoms. The fourth-order valence-corrected chi connectivity index (χ4v) is 2.45. The Balaban J connectivity index is 1.84. The zero-order chi connectivity index (χ0) is 12.0. The fraction of sp³-hybridized carbons (Fsp3) is 0.917. The lowest BCUT2D eigenvalue weighted by molar-refractivity contribution is -0.891. The number of hydrogen-bond acceptors (Lipinski definition) is 3. The highest BCUT2D eigenvalue weighted by atomic mass is 16.6. The van der Waals surface area contributed by atoms with Crippen LogP contribution in [0.2, 0.25) is 0 Å². The molecule has 2 fully saturated rings. The highest BCUT2D eigenvalue weighted by molar-refractivity contribution is 5.60. The number of nitrogens with one attached hydrogen (secondary N) is 1. The van der Waals surface area contributed by atoms with Gasteiger partial charge in [-0.1, -0.05) is 0 Å². The van der Waals surface area contributed by atoms with Crippen LogP contribution < -0.4 is 5.32 Å². The number of carbonyl (C=O) groups excluding carboxylic acids is 1. The highest BCUT2D eigenvalue weighted by Gasteiger charge is 2.52. The summed E-state index contributed by atoms with van der Waals surface area (Å²) in [6.07, 6.45) is -0.0731. The van der Waals surface area contributed by atoms with E-state index in [2.05, 4.69) is 5.32 Å². The molecular weight excluding hydrogens is 204 g/mol. The summed E-state index contributed by atoms with van der Waals surface area (Å²) < 4.78 is 5.90. The molecule has 1 N–H and O–H groups in total. The van der Waals surface area contributed by atoms with E-state index in [9.17, 15) is 4.79 Å². The third-order valence-electron chi connectivity index (χ3n) is 3.59. The largest absolute Gasteiger partial charge is 0.516 e. The van der Waals surface area contributed by atoms with Gasteiger partial charge in [-0.05, 0) is 39.8 Å². The molecule has 2 aliphatic heterocycles. The van der Waals surface area contributed by atoms with Crippen molar-refractivity contribution in [2.75, 3.05) is 33.2 Å². The Kier molecular flexibility index (Phi) is 2.75. The molecule has 2 saturated heterocycles. The second kappa shape index (κ2) is 3.70. The van der Waals surface area contributed by atoms with E-state index in [4.69, 9.17) is 4.74 Å². The number of hydrogen-bond donors (Lipinski definition) is 1. The Labute approximate surface area is 97.5 Å². The normalized spacial score (nSPS) is 35.1. The second-order valence-corrected chi connectivity index (χ2v) is 6.42. The predicted octanol–water partition coefficient (Wildman–Crippen LogP) is 1.22. The molecule has 0 aliphatic carbocycles. The maximum Gasteiger partial charge on any atom is 0.516 e. The number of ether oxygens (including phenoxy) is 1. The van der Waals surface area contributed by atoms with Crippen LogP contribution in [0.15, 0.2) is 0 Å². The van der Waals surface area contributed by atoms with Crippen molar-refractivity contribution in [3.63, 3.8) is 0 Å². The summed E-state index contributed by atoms with van der Waals surface area (Å²) in [5.41, 5.74) is -0.374. The molecule has 2 heterocycles. The summed E-state index contributed by atoms with van der Waals surface area (Å²) in [5.74, 6) is 1.49. The van der Waals surface area contributed by atoms with E-state index in [1.54, 1.807) is 0 Å². The zero-order valence-electron chi connectivity index (χ0n) is 10.7. The minimum absolute atomic E-state index is 0.0731. The van der Waals surface area contributed by atoms with Gasteiger partial charge in [0.05, 0.1) is 26.1 Å². The summed E-state index contributed by atoms with van der Waals surface area (Å²) in [6.45, 7) is 9.90. The van der Waals surface area contributed by atoms with E-state index < -0.39 is 0 Å². The van der Waals surface area contributed by atoms with E-state index in [-0.39, 0.29) is 11.7 Å². The Bertz CT molecular complexity index is 286. The van der Waals surface area contributed by atoms with Crippen molar-refractivity contribution in [3.8, 4) is 0 Å². The quantitative estimate of drug-likeness (QED) is 0.684. The van der Waals surface area contributed by atoms with Gasteiger partial charge in [-0.25, -0.2) is 4.48 Å². The molecular formula is C12H23N2O2+. The van der Waals surface area contributed by atoms with Crippen LogP contribution in [0.1, 0.15) is 20.8 Å². The number of nitrogens with zero attached hydrogens (tertiary/aromatic N) is 1. The van der Waals surface area contributed by atoms with Gasteiger partial charge in [0.1, 0.15) is 5.60 Å². The van der Waals surface area contributed by atoms with E-state index >= 15 is 0 Å². The molecule has 0 aromatic carbocycles. The standard InChI is InChI=1S/C12H23N2O2/c1-12(2,3)16-11(15)14(4)7-10(8-14)9-5-13-6-9/h9-10,13H,5-8H2,1-4H3/q+1. The molecule has 0 atom stereocenters. The number of carbonyl (C=O) groups is 1. The van der Waals surface area contributed by atoms with Gasteiger partial charge in [-0.2, -0.15) is 4.79 Å². The van der Waals surface area contributed by atoms with Crippen LogP contribution in [0.4, 0.5) is 4.79 Å². The predicted molar refractivity (Wildman–Crippen MR) is 62.0 cm³/mol. The first-order valence-electron chi connectivity index (χ1n) is 6.09. The average molecular weight is 227 g/mol. The van der Waals surface area contributed by atoms with Crippen LogP contribution in [-0.4, -0.2) is 49.4 Å². The number of likely N-dealkylation sites (tertiary alicyclic amines) is 1. The summed E-state index contributed by atoms with van der Waals surface area (Å²) in [5, 5.41) is 3.28. The first-order valence-corrected chi connectivity index (χ1v) is 6.09. The van der Waals surface area contributed by atoms with Crippen LogP contribution in [0.25, 0.3) is 0 Å². The van der Waals surface area contributed by atoms with Crippen LogP contribution >= 0.6 is 0 Å². The Hall–Kier alpha value is -0.610. The van der Waals surface area contributed by atoms with Gasteiger partial charge in [-0.3, -0.25) is 0 Å². The zero-order valence-corrected chi connectivity index (χ0v) is 10.7. The topological polar surface area (TPSA) is 38.3 Å². The monoisotopic (exact) mass is 227 g/mol. The molecule has 0 aromatic rings. The van der Waals surface area contributed by atoms with Crippen molar-refractivity contribution in [1.82, 2.24) is 5.32 Å². The van der Waals surface area contributed by atoms with E-state index in [1.165, 1.54) is 0 Å². The van der Waals surface area contributed by atoms with Gasteiger partial charge in [0.25, 0.3) is 0 Å². The number of rotatable bonds is 1. The number of amides is 1. The van der Waals surface area contributed by atoms with Crippen molar-refractivity contribution < 1.29 is 14.0 Å². The van der Waals surface area contributed by atoms with E-state index in [1.807, 2.05) is 27.8 Å². The molecule has 4 heteroatoms. The van der Waals surface area contributed by atoms with Crippen LogP contribution in [0, 0.1) is 11.8 Å². The lowest BCUT2D eigenvalue weighted by Crippen LogP contribution is -2.69. The molecule has 1 amide bonds. The van der Waals surface area contributed by atoms with Gasteiger partial charge in [0.15, 0.2) is 0 Å². The van der Waals surface area contributed by atoms with Crippen molar-refractivity contribution in [2.45, 2.75) is 26.4 Å². The average Bonchev–Trinajstić information content (AvgIpc) is 1.94. The summed E-state index contributed by atoms with van der Waals surface area (Å²) in [6, 6.07) is 0. The van der Waals surface area contributed by atoms with Gasteiger partial charge < -0.3 is 10.1 Å². The smallest absolute Gasteiger partial charge is 0.414 e. The SMILES string of the molecule is CC(C)(C)OC(=O)[N+]1(C)CC(C2CNC2)C1. The number of quaternary nitrogens is 1. The second-order valence-electron chi connectivity index (χ2n) is 6.42. The third-order valence-corrected chi connectivity index (χ3v) is 3.59. The van der Waals surface area contributed by atoms with Gasteiger partial charge in [-0.15, -0.1) is 0 Å². The van der Waals surface area contributed by atoms with E-state index in [0.717, 1.165) is 32.1 Å². The van der Waals surface area contributed by atoms with Gasteiger partial charge in [0.2, 0.25) is 0 Å². The summed E-state index contributed by atoms with van der Waals surface area (Å²) in [7, 11) is 1.98. The molecule has 0 saturated carbocycles. The minimum atomic E-state index is -0.374. The van der Waals surface area contributed by atoms with E-state index in [0.29, 0.717) is 10.4 Å². The maximum atomic E-state index is 12.0. The molecule has 0 radical (unpaired) electrons. The molecule has 92 valence electrons. The third kappa shape index (κ3) is 2.23. The molecule has 2 aliphatic rings. The molecule has 2 rings (SSSR count). The van der Waals surface area contributed by atoms with Crippen molar-refractivity contribution >= 4 is 6.09 Å². The molecule has 16 heavy (non-hydrogen) atoms. The van der Waals surface area contributed by atoms with Crippen molar-refractivity contribution in [3.05, 3.63) is 0 Å². The lowest BCUT2D eigenvalue weighted by atomic mass is 9.80. The molecule has 0 unspecified atom stereocenters. The Morgan fingerprint density at radius 1 is 1.25 bits per heavy atom. The van der Waals surface area contributed by atoms with Crippen LogP contribution in [-0.2, 0) is 4.74 Å². The van der Waals surface area contributed by atoms with Crippen molar-refractivity contribution in [2.24, 2.45) is 11.8 Å². The molecule has 0 spiro atoms. The molecule has 4 nitrogen and oxygen atoms in total. The van der Waals surface area contributed by atoms with Crippen LogP contribution in [0.5, 0.6) is 0 Å². The van der Waals surface area contributed by atoms with Crippen molar-refractivity contribution in [1.29, 1.82) is 0 Å². The summed E-state index contributed by atoms with van der Waals surface area (Å²) in [4.78, 5) is 12.0. The maximum absolute atomic E-state index is 12.0. The first-order chi connectivity index (χ1) is 7.30. The highest BCUT2D eigenvalue weighted by Crippen LogP contribution is 2.33. The molecule has 0 aromatic heterocycles. The Morgan fingerprint density at radius 2 is 1.81 bits per heavy atom. The Morgan fingerprint density at radius 3 is 2.19 bits per heavy atom. The minimum Gasteiger partial charge on any atom is -0.414 e. The fourth-order valence-electron chi connectivity index (χ4n) is 2.45. The first kappa shape index (κ1) is 11.9. The summed E-state index contributed by atoms with van der Waals surface area (Å²) >= 11 is 0. The lowest BCUT2D eigenvalue weighted by Gasteiger charge is -2.49. The van der Waals surface area contributed by atoms with Gasteiger partial charge >= 0.3 is 6.09 Å². The van der Waals surface area contributed by atoms with Gasteiger partial charge in [0, 0.05) is 0 Å². The van der Waals surface area contributed by atoms with Crippen LogP contribution in [0.3, 0.4) is 0 Å².